The van der Waals surface area contributed by atoms with Gasteiger partial charge in [0.1, 0.15) is 0 Å². The molecule has 0 spiro atoms. The SMILES string of the molecule is COc1ccc(C(=O)N2CCN(c3ccc(N4CCCCCC4)nn3)CC2)cn1. The van der Waals surface area contributed by atoms with Crippen molar-refractivity contribution in [3.63, 3.8) is 0 Å². The van der Waals surface area contributed by atoms with Crippen LogP contribution in [0.15, 0.2) is 30.5 Å². The molecular formula is C21H28N6O2. The Kier molecular flexibility index (Phi) is 6.07. The van der Waals surface area contributed by atoms with E-state index in [-0.39, 0.29) is 5.91 Å². The molecule has 2 aromatic rings. The summed E-state index contributed by atoms with van der Waals surface area (Å²) >= 11 is 0. The van der Waals surface area contributed by atoms with E-state index in [1.54, 1.807) is 25.4 Å². The topological polar surface area (TPSA) is 74.7 Å². The highest BCUT2D eigenvalue weighted by atomic mass is 16.5. The van der Waals surface area contributed by atoms with Crippen LogP contribution >= 0.6 is 0 Å². The third kappa shape index (κ3) is 4.58. The van der Waals surface area contributed by atoms with Crippen LogP contribution in [0.5, 0.6) is 5.88 Å². The van der Waals surface area contributed by atoms with Crippen molar-refractivity contribution in [3.8, 4) is 5.88 Å². The molecule has 0 aliphatic carbocycles. The maximum Gasteiger partial charge on any atom is 0.255 e. The fraction of sp³-hybridized carbons (Fsp3) is 0.524. The van der Waals surface area contributed by atoms with Gasteiger partial charge in [-0.2, -0.15) is 0 Å². The van der Waals surface area contributed by atoms with Gasteiger partial charge in [-0.05, 0) is 31.0 Å². The van der Waals surface area contributed by atoms with E-state index < -0.39 is 0 Å². The predicted molar refractivity (Wildman–Crippen MR) is 112 cm³/mol. The number of carbonyl (C=O) groups is 1. The first-order valence-electron chi connectivity index (χ1n) is 10.4. The Balaban J connectivity index is 1.33. The van der Waals surface area contributed by atoms with E-state index in [1.165, 1.54) is 25.7 Å². The fourth-order valence-corrected chi connectivity index (χ4v) is 3.90. The summed E-state index contributed by atoms with van der Waals surface area (Å²) in [6.07, 6.45) is 6.63. The normalized spacial score (nSPS) is 17.8. The summed E-state index contributed by atoms with van der Waals surface area (Å²) in [6.45, 7) is 4.92. The number of methoxy groups -OCH3 is 1. The van der Waals surface area contributed by atoms with E-state index in [9.17, 15) is 4.79 Å². The summed E-state index contributed by atoms with van der Waals surface area (Å²) in [5, 5.41) is 8.93. The molecule has 8 nitrogen and oxygen atoms in total. The summed E-state index contributed by atoms with van der Waals surface area (Å²) in [6, 6.07) is 7.60. The van der Waals surface area contributed by atoms with Crippen molar-refractivity contribution in [2.75, 3.05) is 56.2 Å². The standard InChI is InChI=1S/C21H28N6O2/c1-29-20-9-6-17(16-22-20)21(28)27-14-12-26(13-15-27)19-8-7-18(23-24-19)25-10-4-2-3-5-11-25/h6-9,16H,2-5,10-15H2,1H3. The molecular weight excluding hydrogens is 368 g/mol. The lowest BCUT2D eigenvalue weighted by Crippen LogP contribution is -2.49. The Morgan fingerprint density at radius 3 is 1.97 bits per heavy atom. The molecule has 0 radical (unpaired) electrons. The smallest absolute Gasteiger partial charge is 0.255 e. The molecule has 1 amide bonds. The maximum absolute atomic E-state index is 12.7. The predicted octanol–water partition coefficient (Wildman–Crippen LogP) is 2.22. The van der Waals surface area contributed by atoms with E-state index >= 15 is 0 Å². The number of carbonyl (C=O) groups excluding carboxylic acids is 1. The summed E-state index contributed by atoms with van der Waals surface area (Å²) in [5.74, 6) is 2.36. The van der Waals surface area contributed by atoms with Gasteiger partial charge in [-0.25, -0.2) is 4.98 Å². The van der Waals surface area contributed by atoms with Crippen molar-refractivity contribution >= 4 is 17.5 Å². The van der Waals surface area contributed by atoms with Crippen LogP contribution in [0.25, 0.3) is 0 Å². The summed E-state index contributed by atoms with van der Waals surface area (Å²) < 4.78 is 5.05. The minimum absolute atomic E-state index is 0.00222. The van der Waals surface area contributed by atoms with Crippen LogP contribution in [0.2, 0.25) is 0 Å². The second-order valence-electron chi connectivity index (χ2n) is 7.52. The number of piperazine rings is 1. The quantitative estimate of drug-likeness (QED) is 0.784. The van der Waals surface area contributed by atoms with Crippen LogP contribution in [0, 0.1) is 0 Å². The van der Waals surface area contributed by atoms with E-state index in [1.807, 2.05) is 4.90 Å². The molecule has 2 aliphatic rings. The van der Waals surface area contributed by atoms with E-state index in [2.05, 4.69) is 37.1 Å². The van der Waals surface area contributed by atoms with Gasteiger partial charge in [0.05, 0.1) is 12.7 Å². The number of ether oxygens (including phenoxy) is 1. The van der Waals surface area contributed by atoms with Gasteiger partial charge >= 0.3 is 0 Å². The maximum atomic E-state index is 12.7. The number of hydrogen-bond acceptors (Lipinski definition) is 7. The molecule has 29 heavy (non-hydrogen) atoms. The van der Waals surface area contributed by atoms with Crippen molar-refractivity contribution in [1.82, 2.24) is 20.1 Å². The van der Waals surface area contributed by atoms with Gasteiger partial charge in [-0.3, -0.25) is 4.79 Å². The van der Waals surface area contributed by atoms with Crippen molar-refractivity contribution in [2.24, 2.45) is 0 Å². The number of nitrogens with zero attached hydrogens (tertiary/aromatic N) is 6. The molecule has 154 valence electrons. The Labute approximate surface area is 171 Å². The third-order valence-corrected chi connectivity index (χ3v) is 5.65. The molecule has 2 aliphatic heterocycles. The highest BCUT2D eigenvalue weighted by Gasteiger charge is 2.23. The van der Waals surface area contributed by atoms with Crippen LogP contribution in [-0.2, 0) is 0 Å². The second-order valence-corrected chi connectivity index (χ2v) is 7.52. The summed E-state index contributed by atoms with van der Waals surface area (Å²) in [7, 11) is 1.56. The zero-order valence-corrected chi connectivity index (χ0v) is 17.0. The van der Waals surface area contributed by atoms with Crippen molar-refractivity contribution in [1.29, 1.82) is 0 Å². The van der Waals surface area contributed by atoms with Gasteiger partial charge < -0.3 is 19.4 Å². The van der Waals surface area contributed by atoms with E-state index in [0.717, 1.165) is 37.8 Å². The highest BCUT2D eigenvalue weighted by molar-refractivity contribution is 5.94. The number of amides is 1. The van der Waals surface area contributed by atoms with Gasteiger partial charge in [0.2, 0.25) is 5.88 Å². The Morgan fingerprint density at radius 2 is 1.45 bits per heavy atom. The first-order chi connectivity index (χ1) is 14.2. The molecule has 0 aromatic carbocycles. The lowest BCUT2D eigenvalue weighted by molar-refractivity contribution is 0.0746. The van der Waals surface area contributed by atoms with Crippen LogP contribution < -0.4 is 14.5 Å². The minimum Gasteiger partial charge on any atom is -0.481 e. The van der Waals surface area contributed by atoms with Gasteiger partial charge in [-0.15, -0.1) is 10.2 Å². The number of hydrogen-bond donors (Lipinski definition) is 0. The fourth-order valence-electron chi connectivity index (χ4n) is 3.90. The first kappa shape index (κ1) is 19.4. The summed E-state index contributed by atoms with van der Waals surface area (Å²) in [4.78, 5) is 23.2. The molecule has 4 rings (SSSR count). The molecule has 0 saturated carbocycles. The molecule has 0 N–H and O–H groups in total. The first-order valence-corrected chi connectivity index (χ1v) is 10.4. The number of rotatable bonds is 4. The largest absolute Gasteiger partial charge is 0.481 e. The second kappa shape index (κ2) is 9.07. The van der Waals surface area contributed by atoms with E-state index in [4.69, 9.17) is 4.74 Å². The van der Waals surface area contributed by atoms with Crippen LogP contribution in [0.3, 0.4) is 0 Å². The van der Waals surface area contributed by atoms with Crippen molar-refractivity contribution < 1.29 is 9.53 Å². The number of anilines is 2. The highest BCUT2D eigenvalue weighted by Crippen LogP contribution is 2.20. The van der Waals surface area contributed by atoms with Crippen molar-refractivity contribution in [3.05, 3.63) is 36.0 Å². The van der Waals surface area contributed by atoms with E-state index in [0.29, 0.717) is 24.5 Å². The molecule has 0 bridgehead atoms. The Bertz CT molecular complexity index is 795. The molecule has 8 heteroatoms. The van der Waals surface area contributed by atoms with Crippen LogP contribution in [-0.4, -0.2) is 72.4 Å². The Hall–Kier alpha value is -2.90. The lowest BCUT2D eigenvalue weighted by atomic mass is 10.2. The zero-order valence-electron chi connectivity index (χ0n) is 17.0. The number of aromatic nitrogens is 3. The van der Waals surface area contributed by atoms with Crippen molar-refractivity contribution in [2.45, 2.75) is 25.7 Å². The van der Waals surface area contributed by atoms with Gasteiger partial charge in [0.25, 0.3) is 5.91 Å². The Morgan fingerprint density at radius 1 is 0.828 bits per heavy atom. The number of pyridine rings is 1. The molecule has 2 aromatic heterocycles. The van der Waals surface area contributed by atoms with Gasteiger partial charge in [0, 0.05) is 51.5 Å². The minimum atomic E-state index is 0.00222. The lowest BCUT2D eigenvalue weighted by Gasteiger charge is -2.35. The summed E-state index contributed by atoms with van der Waals surface area (Å²) in [5.41, 5.74) is 0.584. The molecule has 4 heterocycles. The molecule has 0 unspecified atom stereocenters. The monoisotopic (exact) mass is 396 g/mol. The third-order valence-electron chi connectivity index (χ3n) is 5.65. The molecule has 2 saturated heterocycles. The average molecular weight is 396 g/mol. The van der Waals surface area contributed by atoms with Gasteiger partial charge in [-0.1, -0.05) is 12.8 Å². The molecule has 2 fully saturated rings. The van der Waals surface area contributed by atoms with Crippen LogP contribution in [0.1, 0.15) is 36.0 Å². The van der Waals surface area contributed by atoms with Crippen LogP contribution in [0.4, 0.5) is 11.6 Å². The molecule has 0 atom stereocenters. The zero-order chi connectivity index (χ0) is 20.1. The van der Waals surface area contributed by atoms with Gasteiger partial charge in [0.15, 0.2) is 11.6 Å². The average Bonchev–Trinajstić information content (AvgIpc) is 3.09.